The van der Waals surface area contributed by atoms with E-state index in [4.69, 9.17) is 4.42 Å². The molecule has 1 unspecified atom stereocenters. The summed E-state index contributed by atoms with van der Waals surface area (Å²) in [6.45, 7) is 7.60. The molecule has 3 nitrogen and oxygen atoms in total. The van der Waals surface area contributed by atoms with Gasteiger partial charge >= 0.3 is 0 Å². The van der Waals surface area contributed by atoms with Crippen molar-refractivity contribution in [2.75, 3.05) is 18.5 Å². The third-order valence-electron chi connectivity index (χ3n) is 3.45. The van der Waals surface area contributed by atoms with Gasteiger partial charge in [0.1, 0.15) is 5.76 Å². The minimum Gasteiger partial charge on any atom is -0.446 e. The number of hydrogen-bond donors (Lipinski definition) is 1. The molecule has 0 aliphatic carbocycles. The number of furan rings is 1. The first-order chi connectivity index (χ1) is 7.48. The summed E-state index contributed by atoms with van der Waals surface area (Å²) < 4.78 is 5.67. The molecule has 1 atom stereocenters. The lowest BCUT2D eigenvalue weighted by atomic mass is 9.89. The molecule has 1 aromatic rings. The maximum atomic E-state index is 5.67. The zero-order chi connectivity index (χ0) is 11.8. The fourth-order valence-corrected chi connectivity index (χ4v) is 2.46. The molecule has 0 aromatic carbocycles. The van der Waals surface area contributed by atoms with E-state index in [2.05, 4.69) is 37.2 Å². The van der Waals surface area contributed by atoms with Crippen LogP contribution < -0.4 is 10.2 Å². The first-order valence-corrected chi connectivity index (χ1v) is 6.02. The molecule has 2 rings (SSSR count). The van der Waals surface area contributed by atoms with Crippen LogP contribution in [0.3, 0.4) is 0 Å². The number of nitrogens with zero attached hydrogens (tertiary/aromatic N) is 1. The molecule has 1 aliphatic heterocycles. The molecule has 0 spiro atoms. The Morgan fingerprint density at radius 2 is 2.19 bits per heavy atom. The molecular weight excluding hydrogens is 200 g/mol. The molecule has 1 aliphatic rings. The van der Waals surface area contributed by atoms with Gasteiger partial charge in [0.25, 0.3) is 0 Å². The van der Waals surface area contributed by atoms with Crippen LogP contribution >= 0.6 is 0 Å². The van der Waals surface area contributed by atoms with Crippen molar-refractivity contribution in [1.82, 2.24) is 5.32 Å². The summed E-state index contributed by atoms with van der Waals surface area (Å²) in [5, 5.41) is 3.54. The highest BCUT2D eigenvalue weighted by Gasteiger charge is 2.30. The van der Waals surface area contributed by atoms with Crippen LogP contribution in [0, 0.1) is 6.92 Å². The van der Waals surface area contributed by atoms with E-state index >= 15 is 0 Å². The normalized spacial score (nSPS) is 24.4. The Bertz CT molecular complexity index is 357. The number of hydrogen-bond acceptors (Lipinski definition) is 3. The second-order valence-corrected chi connectivity index (χ2v) is 5.45. The lowest BCUT2D eigenvalue weighted by Gasteiger charge is -2.40. The van der Waals surface area contributed by atoms with Gasteiger partial charge < -0.3 is 14.6 Å². The molecule has 0 bridgehead atoms. The largest absolute Gasteiger partial charge is 0.446 e. The van der Waals surface area contributed by atoms with E-state index in [0.717, 1.165) is 24.6 Å². The monoisotopic (exact) mass is 222 g/mol. The van der Waals surface area contributed by atoms with Crippen molar-refractivity contribution in [3.05, 3.63) is 17.9 Å². The smallest absolute Gasteiger partial charge is 0.195 e. The van der Waals surface area contributed by atoms with Crippen LogP contribution in [0.25, 0.3) is 0 Å². The third kappa shape index (κ3) is 2.40. The first-order valence-electron chi connectivity index (χ1n) is 6.02. The summed E-state index contributed by atoms with van der Waals surface area (Å²) in [5.41, 5.74) is 0.235. The molecule has 1 fully saturated rings. The quantitative estimate of drug-likeness (QED) is 0.833. The first kappa shape index (κ1) is 11.5. The Morgan fingerprint density at radius 3 is 2.75 bits per heavy atom. The highest BCUT2D eigenvalue weighted by molar-refractivity contribution is 5.37. The third-order valence-corrected chi connectivity index (χ3v) is 3.45. The second kappa shape index (κ2) is 4.13. The van der Waals surface area contributed by atoms with Crippen LogP contribution in [0.5, 0.6) is 0 Å². The van der Waals surface area contributed by atoms with Gasteiger partial charge in [-0.05, 0) is 46.2 Å². The van der Waals surface area contributed by atoms with E-state index in [-0.39, 0.29) is 5.54 Å². The number of piperidine rings is 1. The van der Waals surface area contributed by atoms with Crippen LogP contribution in [0.4, 0.5) is 5.88 Å². The predicted molar refractivity (Wildman–Crippen MR) is 67.0 cm³/mol. The van der Waals surface area contributed by atoms with Gasteiger partial charge in [-0.15, -0.1) is 0 Å². The van der Waals surface area contributed by atoms with E-state index in [1.54, 1.807) is 0 Å². The molecule has 1 aromatic heterocycles. The van der Waals surface area contributed by atoms with Crippen LogP contribution in [-0.2, 0) is 0 Å². The molecule has 1 N–H and O–H groups in total. The van der Waals surface area contributed by atoms with E-state index in [1.165, 1.54) is 6.42 Å². The fraction of sp³-hybridized carbons (Fsp3) is 0.692. The number of nitrogens with one attached hydrogen (secondary N) is 1. The van der Waals surface area contributed by atoms with Gasteiger partial charge in [0, 0.05) is 24.7 Å². The van der Waals surface area contributed by atoms with E-state index in [9.17, 15) is 0 Å². The maximum absolute atomic E-state index is 5.67. The molecular formula is C13H22N2O. The summed E-state index contributed by atoms with van der Waals surface area (Å²) in [5.74, 6) is 1.97. The van der Waals surface area contributed by atoms with Crippen molar-refractivity contribution in [2.24, 2.45) is 0 Å². The predicted octanol–water partition coefficient (Wildman–Crippen LogP) is 2.55. The maximum Gasteiger partial charge on any atom is 0.195 e. The van der Waals surface area contributed by atoms with Crippen molar-refractivity contribution in [1.29, 1.82) is 0 Å². The summed E-state index contributed by atoms with van der Waals surface area (Å²) in [4.78, 5) is 2.27. The van der Waals surface area contributed by atoms with Gasteiger partial charge in [-0.2, -0.15) is 0 Å². The second-order valence-electron chi connectivity index (χ2n) is 5.45. The average Bonchev–Trinajstić information content (AvgIpc) is 2.62. The van der Waals surface area contributed by atoms with Gasteiger partial charge in [0.05, 0.1) is 0 Å². The van der Waals surface area contributed by atoms with Crippen molar-refractivity contribution in [3.63, 3.8) is 0 Å². The van der Waals surface area contributed by atoms with Crippen LogP contribution in [0.2, 0.25) is 0 Å². The SMILES string of the molecule is Cc1ccc(N(C)C2CCNC(C)(C)C2)o1. The van der Waals surface area contributed by atoms with Crippen LogP contribution in [0.15, 0.2) is 16.5 Å². The molecule has 16 heavy (non-hydrogen) atoms. The molecule has 2 heterocycles. The van der Waals surface area contributed by atoms with Crippen molar-refractivity contribution < 1.29 is 4.42 Å². The Morgan fingerprint density at radius 1 is 1.44 bits per heavy atom. The molecule has 0 radical (unpaired) electrons. The highest BCUT2D eigenvalue weighted by atomic mass is 16.4. The molecule has 3 heteroatoms. The van der Waals surface area contributed by atoms with Crippen molar-refractivity contribution >= 4 is 5.88 Å². The highest BCUT2D eigenvalue weighted by Crippen LogP contribution is 2.27. The van der Waals surface area contributed by atoms with Crippen LogP contribution in [0.1, 0.15) is 32.4 Å². The minimum atomic E-state index is 0.235. The molecule has 0 amide bonds. The van der Waals surface area contributed by atoms with Gasteiger partial charge in [-0.25, -0.2) is 0 Å². The van der Waals surface area contributed by atoms with Crippen LogP contribution in [-0.4, -0.2) is 25.2 Å². The van der Waals surface area contributed by atoms with E-state index in [0.29, 0.717) is 6.04 Å². The molecule has 90 valence electrons. The van der Waals surface area contributed by atoms with Crippen molar-refractivity contribution in [3.8, 4) is 0 Å². The zero-order valence-corrected chi connectivity index (χ0v) is 10.7. The van der Waals surface area contributed by atoms with E-state index < -0.39 is 0 Å². The summed E-state index contributed by atoms with van der Waals surface area (Å²) in [6, 6.07) is 4.66. The minimum absolute atomic E-state index is 0.235. The lowest BCUT2D eigenvalue weighted by Crippen LogP contribution is -2.52. The lowest BCUT2D eigenvalue weighted by molar-refractivity contribution is 0.267. The average molecular weight is 222 g/mol. The Labute approximate surface area is 97.8 Å². The summed E-state index contributed by atoms with van der Waals surface area (Å²) in [7, 11) is 2.13. The standard InChI is InChI=1S/C13H22N2O/c1-10-5-6-12(16-10)15(4)11-7-8-14-13(2,3)9-11/h5-6,11,14H,7-9H2,1-4H3. The Balaban J connectivity index is 2.07. The zero-order valence-electron chi connectivity index (χ0n) is 10.7. The fourth-order valence-electron chi connectivity index (χ4n) is 2.46. The number of rotatable bonds is 2. The number of anilines is 1. The Kier molecular flexibility index (Phi) is 2.98. The van der Waals surface area contributed by atoms with Gasteiger partial charge in [0.15, 0.2) is 5.88 Å². The van der Waals surface area contributed by atoms with Gasteiger partial charge in [-0.1, -0.05) is 0 Å². The summed E-state index contributed by atoms with van der Waals surface area (Å²) >= 11 is 0. The topological polar surface area (TPSA) is 28.4 Å². The summed E-state index contributed by atoms with van der Waals surface area (Å²) in [6.07, 6.45) is 2.34. The molecule has 0 saturated carbocycles. The molecule has 1 saturated heterocycles. The van der Waals surface area contributed by atoms with Crippen molar-refractivity contribution in [2.45, 2.75) is 45.2 Å². The van der Waals surface area contributed by atoms with Gasteiger partial charge in [0.2, 0.25) is 0 Å². The van der Waals surface area contributed by atoms with E-state index in [1.807, 2.05) is 13.0 Å². The Hall–Kier alpha value is -0.960. The van der Waals surface area contributed by atoms with Gasteiger partial charge in [-0.3, -0.25) is 0 Å². The number of aryl methyl sites for hydroxylation is 1.